The molecule has 2 heterocycles. The van der Waals surface area contributed by atoms with Crippen molar-refractivity contribution in [2.45, 2.75) is 57.8 Å². The molecule has 47 heavy (non-hydrogen) atoms. The van der Waals surface area contributed by atoms with Gasteiger partial charge in [-0.1, -0.05) is 61.9 Å². The second-order valence-corrected chi connectivity index (χ2v) is 11.6. The molecule has 3 aromatic rings. The Labute approximate surface area is 275 Å². The number of amides is 3. The Morgan fingerprint density at radius 3 is 2.55 bits per heavy atom. The number of fused-ring (bicyclic) bond motifs is 3. The third-order valence-electron chi connectivity index (χ3n) is 8.21. The average Bonchev–Trinajstić information content (AvgIpc) is 3.45. The zero-order valence-electron chi connectivity index (χ0n) is 26.9. The minimum atomic E-state index is -0.267. The molecule has 3 aromatic carbocycles. The van der Waals surface area contributed by atoms with E-state index in [9.17, 15) is 14.7 Å². The van der Waals surface area contributed by atoms with Crippen molar-refractivity contribution in [2.75, 3.05) is 20.2 Å². The molecular formula is C36H43N7O4. The first-order valence-electron chi connectivity index (χ1n) is 16.0. The molecule has 2 aliphatic rings. The van der Waals surface area contributed by atoms with Gasteiger partial charge in [-0.3, -0.25) is 9.79 Å². The topological polar surface area (TPSA) is 154 Å². The van der Waals surface area contributed by atoms with Gasteiger partial charge in [0.25, 0.3) is 0 Å². The Hall–Kier alpha value is -5.32. The number of ether oxygens (including phenoxy) is 1. The molecule has 0 fully saturated rings. The number of hydrogen-bond donors (Lipinski definition) is 5. The summed E-state index contributed by atoms with van der Waals surface area (Å²) in [6.07, 6.45) is 6.68. The average molecular weight is 638 g/mol. The molecule has 2 unspecified atom stereocenters. The van der Waals surface area contributed by atoms with Gasteiger partial charge in [0.2, 0.25) is 5.91 Å². The van der Waals surface area contributed by atoms with Crippen molar-refractivity contribution in [3.63, 3.8) is 0 Å². The minimum Gasteiger partial charge on any atom is -0.504 e. The number of nitrogens with zero attached hydrogens (tertiary/aromatic N) is 3. The van der Waals surface area contributed by atoms with Crippen LogP contribution in [0.4, 0.5) is 10.5 Å². The lowest BCUT2D eigenvalue weighted by Crippen LogP contribution is -2.40. The van der Waals surface area contributed by atoms with E-state index in [1.165, 1.54) is 19.3 Å². The van der Waals surface area contributed by atoms with Crippen LogP contribution in [0.2, 0.25) is 0 Å². The van der Waals surface area contributed by atoms with Gasteiger partial charge >= 0.3 is 6.03 Å². The molecule has 0 bridgehead atoms. The van der Waals surface area contributed by atoms with Crippen LogP contribution in [0.3, 0.4) is 0 Å². The highest BCUT2D eigenvalue weighted by Crippen LogP contribution is 2.42. The van der Waals surface area contributed by atoms with Crippen LogP contribution in [0.5, 0.6) is 11.5 Å². The maximum absolute atomic E-state index is 12.3. The van der Waals surface area contributed by atoms with Gasteiger partial charge in [0, 0.05) is 44.2 Å². The summed E-state index contributed by atoms with van der Waals surface area (Å²) in [6, 6.07) is 20.9. The fraction of sp³-hybridized carbons (Fsp3) is 0.333. The van der Waals surface area contributed by atoms with Crippen molar-refractivity contribution in [1.82, 2.24) is 20.9 Å². The number of amidine groups is 2. The molecule has 5 rings (SSSR count). The van der Waals surface area contributed by atoms with E-state index in [4.69, 9.17) is 15.5 Å². The van der Waals surface area contributed by atoms with Gasteiger partial charge in [-0.05, 0) is 53.8 Å². The monoisotopic (exact) mass is 637 g/mol. The zero-order chi connectivity index (χ0) is 33.2. The number of urea groups is 1. The number of aromatic hydroxyl groups is 1. The first-order valence-corrected chi connectivity index (χ1v) is 16.0. The number of carbonyl (C=O) groups excluding carboxylic acids is 2. The number of nitrogens with one attached hydrogen (secondary N) is 3. The molecule has 11 heteroatoms. The molecule has 2 aliphatic heterocycles. The number of phenols is 1. The molecule has 0 spiro atoms. The van der Waals surface area contributed by atoms with Gasteiger partial charge in [0.1, 0.15) is 17.7 Å². The molecule has 0 radical (unpaired) electrons. The number of hydrogen-bond acceptors (Lipinski definition) is 8. The molecule has 3 amide bonds. The highest BCUT2D eigenvalue weighted by molar-refractivity contribution is 5.98. The number of benzene rings is 3. The van der Waals surface area contributed by atoms with E-state index in [2.05, 4.69) is 51.0 Å². The summed E-state index contributed by atoms with van der Waals surface area (Å²) < 4.78 is 5.08. The number of methoxy groups -OCH3 is 1. The quantitative estimate of drug-likeness (QED) is 0.125. The molecule has 2 atom stereocenters. The maximum Gasteiger partial charge on any atom is 0.315 e. The van der Waals surface area contributed by atoms with Crippen molar-refractivity contribution >= 4 is 35.4 Å². The number of phenolic OH excluding ortho intramolecular Hbond substituents is 1. The van der Waals surface area contributed by atoms with E-state index in [0.29, 0.717) is 44.2 Å². The molecule has 11 nitrogen and oxygen atoms in total. The normalized spacial score (nSPS) is 16.6. The van der Waals surface area contributed by atoms with Gasteiger partial charge in [-0.15, -0.1) is 0 Å². The highest BCUT2D eigenvalue weighted by atomic mass is 16.5. The minimum absolute atomic E-state index is 0.0282. The Bertz CT molecular complexity index is 1650. The summed E-state index contributed by atoms with van der Waals surface area (Å²) in [5.41, 5.74) is 11.3. The lowest BCUT2D eigenvalue weighted by molar-refractivity contribution is -0.116. The number of aliphatic imine (C=N–C) groups is 2. The first-order chi connectivity index (χ1) is 22.9. The van der Waals surface area contributed by atoms with E-state index in [-0.39, 0.29) is 29.8 Å². The van der Waals surface area contributed by atoms with Crippen LogP contribution in [0.25, 0.3) is 6.08 Å². The van der Waals surface area contributed by atoms with Crippen molar-refractivity contribution in [2.24, 2.45) is 15.7 Å². The summed E-state index contributed by atoms with van der Waals surface area (Å²) in [5, 5.41) is 18.2. The third kappa shape index (κ3) is 8.49. The van der Waals surface area contributed by atoms with Gasteiger partial charge in [0.15, 0.2) is 11.5 Å². The van der Waals surface area contributed by atoms with Gasteiger partial charge in [-0.2, -0.15) is 0 Å². The number of para-hydroxylation sites is 1. The summed E-state index contributed by atoms with van der Waals surface area (Å²) >= 11 is 0. The second kappa shape index (κ2) is 15.8. The van der Waals surface area contributed by atoms with Crippen LogP contribution < -0.4 is 26.4 Å². The van der Waals surface area contributed by atoms with Crippen LogP contribution in [0, 0.1) is 0 Å². The van der Waals surface area contributed by atoms with Crippen LogP contribution in [-0.2, 0) is 17.9 Å². The zero-order valence-corrected chi connectivity index (χ0v) is 26.9. The van der Waals surface area contributed by atoms with Crippen molar-refractivity contribution in [1.29, 1.82) is 0 Å². The van der Waals surface area contributed by atoms with E-state index in [0.717, 1.165) is 53.0 Å². The predicted octanol–water partition coefficient (Wildman–Crippen LogP) is 4.94. The largest absolute Gasteiger partial charge is 0.504 e. The number of carbonyl (C=O) groups is 2. The van der Waals surface area contributed by atoms with E-state index >= 15 is 0 Å². The van der Waals surface area contributed by atoms with Crippen LogP contribution >= 0.6 is 0 Å². The molecule has 246 valence electrons. The smallest absolute Gasteiger partial charge is 0.315 e. The van der Waals surface area contributed by atoms with Crippen molar-refractivity contribution in [3.8, 4) is 11.5 Å². The van der Waals surface area contributed by atoms with Gasteiger partial charge < -0.3 is 36.4 Å². The molecule has 0 saturated heterocycles. The van der Waals surface area contributed by atoms with Crippen molar-refractivity contribution < 1.29 is 19.4 Å². The number of nitrogens with two attached hydrogens (primary N) is 1. The molecule has 6 N–H and O–H groups in total. The standard InChI is InChI=1S/C36H43N7O4/c1-3-4-10-31-42-33-34(27-8-5-6-9-28(27)41-35(33)37)43(31)23-26-13-11-25(12-14-26)22-40-36(46)39-20-7-19-38-32(45)18-16-24-15-17-29(44)30(21-24)47-2/h5-6,8-9,11-18,21,33-34,44H,3-4,7,10,19-20,22-23H2,1-2H3,(H2,37,41)(H,38,45)(H2,39,40,46)/b18-16+. The lowest BCUT2D eigenvalue weighted by atomic mass is 9.93. The molecule has 0 saturated carbocycles. The second-order valence-electron chi connectivity index (χ2n) is 11.6. The predicted molar refractivity (Wildman–Crippen MR) is 185 cm³/mol. The van der Waals surface area contributed by atoms with Crippen LogP contribution in [0.15, 0.2) is 82.8 Å². The SMILES string of the molecule is CCCCC1=NC2C(N)=Nc3ccccc3C2N1Cc1ccc(CNC(=O)NCCCNC(=O)/C=C/c2ccc(O)c(OC)c2)cc1. The summed E-state index contributed by atoms with van der Waals surface area (Å²) in [5.74, 6) is 1.77. The van der Waals surface area contributed by atoms with E-state index in [1.54, 1.807) is 18.2 Å². The lowest BCUT2D eigenvalue weighted by Gasteiger charge is -2.33. The number of rotatable bonds is 14. The van der Waals surface area contributed by atoms with Crippen LogP contribution in [0.1, 0.15) is 60.9 Å². The van der Waals surface area contributed by atoms with Crippen molar-refractivity contribution in [3.05, 3.63) is 95.1 Å². The van der Waals surface area contributed by atoms with E-state index < -0.39 is 0 Å². The van der Waals surface area contributed by atoms with Gasteiger partial charge in [-0.25, -0.2) is 9.79 Å². The highest BCUT2D eigenvalue weighted by Gasteiger charge is 2.42. The summed E-state index contributed by atoms with van der Waals surface area (Å²) in [6.45, 7) is 4.12. The molecular weight excluding hydrogens is 594 g/mol. The first kappa shape index (κ1) is 33.1. The Balaban J connectivity index is 1.05. The molecule has 0 aliphatic carbocycles. The van der Waals surface area contributed by atoms with Gasteiger partial charge in [0.05, 0.1) is 18.8 Å². The fourth-order valence-electron chi connectivity index (χ4n) is 5.71. The summed E-state index contributed by atoms with van der Waals surface area (Å²) in [7, 11) is 1.47. The Kier molecular flexibility index (Phi) is 11.1. The number of unbranched alkanes of at least 4 members (excludes halogenated alkanes) is 1. The third-order valence-corrected chi connectivity index (χ3v) is 8.21. The Morgan fingerprint density at radius 2 is 1.77 bits per heavy atom. The summed E-state index contributed by atoms with van der Waals surface area (Å²) in [4.78, 5) is 36.5. The Morgan fingerprint density at radius 1 is 1.00 bits per heavy atom. The maximum atomic E-state index is 12.3. The van der Waals surface area contributed by atoms with E-state index in [1.807, 2.05) is 30.3 Å². The molecule has 0 aromatic heterocycles. The van der Waals surface area contributed by atoms with Crippen LogP contribution in [-0.4, -0.2) is 59.9 Å². The fourth-order valence-corrected chi connectivity index (χ4v) is 5.71.